The Labute approximate surface area is 118 Å². The Kier molecular flexibility index (Phi) is 5.79. The van der Waals surface area contributed by atoms with E-state index in [2.05, 4.69) is 0 Å². The van der Waals surface area contributed by atoms with Gasteiger partial charge >= 0.3 is 12.0 Å². The molecule has 1 heterocycles. The summed E-state index contributed by atoms with van der Waals surface area (Å²) < 4.78 is 0. The van der Waals surface area contributed by atoms with Crippen LogP contribution in [0.3, 0.4) is 0 Å². The number of piperidine rings is 1. The first kappa shape index (κ1) is 16.3. The lowest BCUT2D eigenvalue weighted by atomic mass is 9.96. The van der Waals surface area contributed by atoms with Crippen LogP contribution in [0.1, 0.15) is 33.1 Å². The molecule has 1 rings (SSSR count). The molecule has 3 N–H and O–H groups in total. The smallest absolute Gasteiger partial charge is 0.323 e. The van der Waals surface area contributed by atoms with Crippen LogP contribution < -0.4 is 5.73 Å². The zero-order valence-corrected chi connectivity index (χ0v) is 12.0. The van der Waals surface area contributed by atoms with E-state index in [-0.39, 0.29) is 31.0 Å². The van der Waals surface area contributed by atoms with Crippen molar-refractivity contribution in [2.24, 2.45) is 11.7 Å². The second-order valence-electron chi connectivity index (χ2n) is 5.24. The van der Waals surface area contributed by atoms with Crippen LogP contribution in [0, 0.1) is 5.92 Å². The van der Waals surface area contributed by atoms with Crippen molar-refractivity contribution in [1.29, 1.82) is 0 Å². The number of carboxylic acids is 1. The number of primary amides is 1. The van der Waals surface area contributed by atoms with E-state index in [1.807, 2.05) is 13.8 Å². The van der Waals surface area contributed by atoms with Crippen LogP contribution in [0.2, 0.25) is 0 Å². The van der Waals surface area contributed by atoms with E-state index in [1.54, 1.807) is 0 Å². The molecule has 0 spiro atoms. The molecule has 3 amide bonds. The number of aliphatic carboxylic acids is 1. The van der Waals surface area contributed by atoms with E-state index >= 15 is 0 Å². The van der Waals surface area contributed by atoms with Gasteiger partial charge < -0.3 is 20.6 Å². The molecule has 1 aliphatic rings. The van der Waals surface area contributed by atoms with Crippen molar-refractivity contribution in [2.75, 3.05) is 19.6 Å². The summed E-state index contributed by atoms with van der Waals surface area (Å²) in [5, 5.41) is 8.94. The lowest BCUT2D eigenvalue weighted by Crippen LogP contribution is -2.51. The van der Waals surface area contributed by atoms with E-state index < -0.39 is 12.0 Å². The molecule has 20 heavy (non-hydrogen) atoms. The van der Waals surface area contributed by atoms with Crippen LogP contribution in [-0.2, 0) is 9.59 Å². The molecule has 0 aromatic rings. The molecule has 0 bridgehead atoms. The minimum atomic E-state index is -1.03. The molecule has 0 aromatic carbocycles. The molecule has 0 unspecified atom stereocenters. The molecular formula is C13H23N3O4. The molecule has 2 atom stereocenters. The highest BCUT2D eigenvalue weighted by molar-refractivity contribution is 5.84. The van der Waals surface area contributed by atoms with Gasteiger partial charge in [0.25, 0.3) is 0 Å². The maximum absolute atomic E-state index is 12.5. The molecule has 7 nitrogen and oxygen atoms in total. The minimum absolute atomic E-state index is 0.137. The number of amides is 3. The molecule has 114 valence electrons. The van der Waals surface area contributed by atoms with E-state index in [0.717, 1.165) is 0 Å². The Balaban J connectivity index is 2.77. The van der Waals surface area contributed by atoms with Crippen LogP contribution in [0.5, 0.6) is 0 Å². The monoisotopic (exact) mass is 285 g/mol. The molecular weight excluding hydrogens is 262 g/mol. The summed E-state index contributed by atoms with van der Waals surface area (Å²) in [7, 11) is 0. The topological polar surface area (TPSA) is 104 Å². The fraction of sp³-hybridized carbons (Fsp3) is 0.769. The molecule has 1 saturated heterocycles. The van der Waals surface area contributed by atoms with E-state index in [1.165, 1.54) is 9.80 Å². The third-order valence-corrected chi connectivity index (χ3v) is 3.79. The Morgan fingerprint density at radius 1 is 1.45 bits per heavy atom. The third kappa shape index (κ3) is 4.11. The van der Waals surface area contributed by atoms with Crippen molar-refractivity contribution in [1.82, 2.24) is 9.80 Å². The zero-order chi connectivity index (χ0) is 15.3. The van der Waals surface area contributed by atoms with Gasteiger partial charge in [0.15, 0.2) is 0 Å². The molecule has 1 fully saturated rings. The fourth-order valence-corrected chi connectivity index (χ4v) is 2.43. The number of hydrogen-bond donors (Lipinski definition) is 2. The Morgan fingerprint density at radius 3 is 2.60 bits per heavy atom. The second-order valence-corrected chi connectivity index (χ2v) is 5.24. The lowest BCUT2D eigenvalue weighted by Gasteiger charge is -2.35. The largest absolute Gasteiger partial charge is 0.480 e. The van der Waals surface area contributed by atoms with Crippen molar-refractivity contribution < 1.29 is 19.5 Å². The van der Waals surface area contributed by atoms with Crippen molar-refractivity contribution in [3.63, 3.8) is 0 Å². The predicted octanol–water partition coefficient (Wildman–Crippen LogP) is 0.489. The van der Waals surface area contributed by atoms with Crippen molar-refractivity contribution in [3.05, 3.63) is 0 Å². The van der Waals surface area contributed by atoms with Gasteiger partial charge in [-0.05, 0) is 26.2 Å². The first-order valence-electron chi connectivity index (χ1n) is 6.93. The maximum atomic E-state index is 12.5. The van der Waals surface area contributed by atoms with E-state index in [4.69, 9.17) is 10.8 Å². The summed E-state index contributed by atoms with van der Waals surface area (Å²) in [6.07, 6.45) is 2.06. The number of carbonyl (C=O) groups excluding carboxylic acids is 2. The average molecular weight is 285 g/mol. The first-order valence-corrected chi connectivity index (χ1v) is 6.93. The summed E-state index contributed by atoms with van der Waals surface area (Å²) in [6, 6.07) is -0.668. The van der Waals surface area contributed by atoms with Gasteiger partial charge in [-0.3, -0.25) is 9.59 Å². The number of rotatable bonds is 5. The van der Waals surface area contributed by atoms with Gasteiger partial charge in [-0.2, -0.15) is 0 Å². The van der Waals surface area contributed by atoms with Crippen LogP contribution in [0.4, 0.5) is 4.79 Å². The highest BCUT2D eigenvalue weighted by Crippen LogP contribution is 2.20. The number of hydrogen-bond acceptors (Lipinski definition) is 3. The molecule has 0 radical (unpaired) electrons. The molecule has 0 saturated carbocycles. The summed E-state index contributed by atoms with van der Waals surface area (Å²) in [5.41, 5.74) is 5.24. The first-order chi connectivity index (χ1) is 9.36. The molecule has 7 heteroatoms. The van der Waals surface area contributed by atoms with Crippen molar-refractivity contribution >= 4 is 17.9 Å². The predicted molar refractivity (Wildman–Crippen MR) is 73.0 cm³/mol. The van der Waals surface area contributed by atoms with Crippen LogP contribution >= 0.6 is 0 Å². The number of nitrogens with two attached hydrogens (primary N) is 1. The number of urea groups is 1. The van der Waals surface area contributed by atoms with Crippen LogP contribution in [-0.4, -0.2) is 58.5 Å². The quantitative estimate of drug-likeness (QED) is 0.767. The number of nitrogens with zero attached hydrogens (tertiary/aromatic N) is 2. The summed E-state index contributed by atoms with van der Waals surface area (Å²) >= 11 is 0. The van der Waals surface area contributed by atoms with Gasteiger partial charge in [-0.25, -0.2) is 4.79 Å². The van der Waals surface area contributed by atoms with Crippen molar-refractivity contribution in [3.8, 4) is 0 Å². The van der Waals surface area contributed by atoms with Gasteiger partial charge in [0, 0.05) is 19.1 Å². The highest BCUT2D eigenvalue weighted by atomic mass is 16.4. The van der Waals surface area contributed by atoms with E-state index in [9.17, 15) is 14.4 Å². The maximum Gasteiger partial charge on any atom is 0.323 e. The van der Waals surface area contributed by atoms with Crippen molar-refractivity contribution in [2.45, 2.75) is 39.2 Å². The van der Waals surface area contributed by atoms with Gasteiger partial charge in [-0.1, -0.05) is 6.92 Å². The minimum Gasteiger partial charge on any atom is -0.480 e. The Bertz CT molecular complexity index is 386. The standard InChI is InChI=1S/C13H23N3O4/c1-3-9(2)16(8-11(17)18)12(19)10-5-4-6-15(7-10)13(14)20/h9-10H,3-8H2,1-2H3,(H2,14,20)(H,17,18)/t9-,10+/m0/s1. The van der Waals surface area contributed by atoms with Gasteiger partial charge in [0.05, 0.1) is 5.92 Å². The summed E-state index contributed by atoms with van der Waals surface area (Å²) in [5.74, 6) is -1.58. The number of carboxylic acid groups (broad SMARTS) is 1. The van der Waals surface area contributed by atoms with Gasteiger partial charge in [0.1, 0.15) is 6.54 Å². The SMILES string of the molecule is CC[C@H](C)N(CC(=O)O)C(=O)[C@@H]1CCCN(C(N)=O)C1. The molecule has 0 aromatic heterocycles. The zero-order valence-electron chi connectivity index (χ0n) is 12.0. The molecule has 0 aliphatic carbocycles. The van der Waals surface area contributed by atoms with Gasteiger partial charge in [0.2, 0.25) is 5.91 Å². The number of carbonyl (C=O) groups is 3. The van der Waals surface area contributed by atoms with Crippen LogP contribution in [0.25, 0.3) is 0 Å². The van der Waals surface area contributed by atoms with Crippen LogP contribution in [0.15, 0.2) is 0 Å². The Morgan fingerprint density at radius 2 is 2.10 bits per heavy atom. The summed E-state index contributed by atoms with van der Waals surface area (Å²) in [6.45, 7) is 4.27. The fourth-order valence-electron chi connectivity index (χ4n) is 2.43. The third-order valence-electron chi connectivity index (χ3n) is 3.79. The normalized spacial score (nSPS) is 20.3. The van der Waals surface area contributed by atoms with Gasteiger partial charge in [-0.15, -0.1) is 0 Å². The number of likely N-dealkylation sites (tertiary alicyclic amines) is 1. The van der Waals surface area contributed by atoms with E-state index in [0.29, 0.717) is 25.8 Å². The summed E-state index contributed by atoms with van der Waals surface area (Å²) in [4.78, 5) is 37.4. The Hall–Kier alpha value is -1.79. The second kappa shape index (κ2) is 7.12. The average Bonchev–Trinajstić information content (AvgIpc) is 2.43. The lowest BCUT2D eigenvalue weighted by molar-refractivity contribution is -0.148. The highest BCUT2D eigenvalue weighted by Gasteiger charge is 2.32. The molecule has 1 aliphatic heterocycles.